The topological polar surface area (TPSA) is 23.6 Å². The Morgan fingerprint density at radius 3 is 2.41 bits per heavy atom. The smallest absolute Gasteiger partial charge is 0.253 e. The van der Waals surface area contributed by atoms with E-state index in [2.05, 4.69) is 30.9 Å². The molecule has 2 aromatic rings. The molecule has 2 aromatic carbocycles. The standard InChI is InChI=1S/C25H31ClN2O/c1-3-18(4-2)23-11-8-21(26)17-24(23)19-6-5-7-20(16-19)25(29)28-14-12-27(13-15-28)22-9-10-22/h5-8,11,16-18,22H,3-4,9-10,12-15H2,1-2H3. The summed E-state index contributed by atoms with van der Waals surface area (Å²) in [5.41, 5.74) is 4.33. The van der Waals surface area contributed by atoms with Crippen LogP contribution in [0.3, 0.4) is 0 Å². The molecule has 0 N–H and O–H groups in total. The summed E-state index contributed by atoms with van der Waals surface area (Å²) in [5.74, 6) is 0.644. The third-order valence-corrected chi connectivity index (χ3v) is 6.76. The number of hydrogen-bond donors (Lipinski definition) is 0. The lowest BCUT2D eigenvalue weighted by atomic mass is 9.87. The van der Waals surface area contributed by atoms with Crippen molar-refractivity contribution >= 4 is 17.5 Å². The molecule has 1 heterocycles. The molecular weight excluding hydrogens is 380 g/mol. The van der Waals surface area contributed by atoms with Crippen LogP contribution in [0.15, 0.2) is 42.5 Å². The monoisotopic (exact) mass is 410 g/mol. The van der Waals surface area contributed by atoms with Crippen molar-refractivity contribution in [2.24, 2.45) is 0 Å². The summed E-state index contributed by atoms with van der Waals surface area (Å²) in [5, 5.41) is 0.739. The van der Waals surface area contributed by atoms with Gasteiger partial charge in [-0.05, 0) is 72.6 Å². The molecule has 1 aliphatic carbocycles. The first-order valence-corrected chi connectivity index (χ1v) is 11.4. The van der Waals surface area contributed by atoms with Crippen molar-refractivity contribution in [2.45, 2.75) is 51.5 Å². The molecule has 0 spiro atoms. The van der Waals surface area contributed by atoms with E-state index in [1.807, 2.05) is 35.2 Å². The van der Waals surface area contributed by atoms with Gasteiger partial charge in [-0.1, -0.05) is 43.6 Å². The fraction of sp³-hybridized carbons (Fsp3) is 0.480. The minimum Gasteiger partial charge on any atom is -0.336 e. The van der Waals surface area contributed by atoms with Gasteiger partial charge in [0, 0.05) is 42.8 Å². The van der Waals surface area contributed by atoms with Crippen molar-refractivity contribution in [1.82, 2.24) is 9.80 Å². The van der Waals surface area contributed by atoms with Gasteiger partial charge < -0.3 is 4.90 Å². The molecular formula is C25H31ClN2O. The molecule has 0 atom stereocenters. The zero-order chi connectivity index (χ0) is 20.4. The predicted molar refractivity (Wildman–Crippen MR) is 121 cm³/mol. The summed E-state index contributed by atoms with van der Waals surface area (Å²) in [6, 6.07) is 15.1. The molecule has 154 valence electrons. The first-order valence-electron chi connectivity index (χ1n) is 11.0. The SMILES string of the molecule is CCC(CC)c1ccc(Cl)cc1-c1cccc(C(=O)N2CCN(C3CC3)CC2)c1. The molecule has 0 unspecified atom stereocenters. The Hall–Kier alpha value is -1.84. The number of carbonyl (C=O) groups is 1. The predicted octanol–water partition coefficient (Wildman–Crippen LogP) is 5.83. The second-order valence-corrected chi connectivity index (χ2v) is 8.82. The average molecular weight is 411 g/mol. The highest BCUT2D eigenvalue weighted by Crippen LogP contribution is 2.35. The summed E-state index contributed by atoms with van der Waals surface area (Å²) in [6.45, 7) is 8.12. The van der Waals surface area contributed by atoms with Gasteiger partial charge in [0.2, 0.25) is 0 Å². The molecule has 2 aliphatic rings. The minimum absolute atomic E-state index is 0.147. The van der Waals surface area contributed by atoms with Crippen molar-refractivity contribution < 1.29 is 4.79 Å². The van der Waals surface area contributed by atoms with Crippen LogP contribution in [0.5, 0.6) is 0 Å². The van der Waals surface area contributed by atoms with E-state index in [1.165, 1.54) is 18.4 Å². The highest BCUT2D eigenvalue weighted by Gasteiger charge is 2.32. The van der Waals surface area contributed by atoms with Gasteiger partial charge in [0.05, 0.1) is 0 Å². The summed E-state index contributed by atoms with van der Waals surface area (Å²) in [6.07, 6.45) is 4.84. The Kier molecular flexibility index (Phi) is 6.26. The second-order valence-electron chi connectivity index (χ2n) is 8.39. The molecule has 4 heteroatoms. The highest BCUT2D eigenvalue weighted by atomic mass is 35.5. The number of amides is 1. The lowest BCUT2D eigenvalue weighted by molar-refractivity contribution is 0.0627. The molecule has 3 nitrogen and oxygen atoms in total. The van der Waals surface area contributed by atoms with E-state index in [1.54, 1.807) is 0 Å². The lowest BCUT2D eigenvalue weighted by Crippen LogP contribution is -2.49. The number of rotatable bonds is 6. The van der Waals surface area contributed by atoms with Crippen LogP contribution in [-0.2, 0) is 0 Å². The molecule has 0 aromatic heterocycles. The van der Waals surface area contributed by atoms with E-state index in [0.717, 1.165) is 66.8 Å². The van der Waals surface area contributed by atoms with Crippen LogP contribution in [0.25, 0.3) is 11.1 Å². The van der Waals surface area contributed by atoms with E-state index in [4.69, 9.17) is 11.6 Å². The number of piperazine rings is 1. The molecule has 0 radical (unpaired) electrons. The number of halogens is 1. The van der Waals surface area contributed by atoms with Crippen molar-refractivity contribution in [2.75, 3.05) is 26.2 Å². The Morgan fingerprint density at radius 2 is 1.76 bits per heavy atom. The number of nitrogens with zero attached hydrogens (tertiary/aromatic N) is 2. The third kappa shape index (κ3) is 4.51. The van der Waals surface area contributed by atoms with Gasteiger partial charge in [0.1, 0.15) is 0 Å². The quantitative estimate of drug-likeness (QED) is 0.598. The summed E-state index contributed by atoms with van der Waals surface area (Å²) < 4.78 is 0. The van der Waals surface area contributed by atoms with Crippen LogP contribution in [0.1, 0.15) is 61.4 Å². The van der Waals surface area contributed by atoms with E-state index in [0.29, 0.717) is 5.92 Å². The normalized spacial score (nSPS) is 17.7. The molecule has 29 heavy (non-hydrogen) atoms. The maximum atomic E-state index is 13.2. The zero-order valence-electron chi connectivity index (χ0n) is 17.5. The summed E-state index contributed by atoms with van der Waals surface area (Å²) in [4.78, 5) is 17.7. The maximum absolute atomic E-state index is 13.2. The minimum atomic E-state index is 0.147. The zero-order valence-corrected chi connectivity index (χ0v) is 18.3. The summed E-state index contributed by atoms with van der Waals surface area (Å²) >= 11 is 6.35. The molecule has 1 saturated carbocycles. The fourth-order valence-electron chi connectivity index (χ4n) is 4.60. The Balaban J connectivity index is 1.57. The number of benzene rings is 2. The van der Waals surface area contributed by atoms with Crippen molar-refractivity contribution in [1.29, 1.82) is 0 Å². The molecule has 2 fully saturated rings. The van der Waals surface area contributed by atoms with Gasteiger partial charge in [0.15, 0.2) is 0 Å². The first kappa shape index (κ1) is 20.4. The van der Waals surface area contributed by atoms with Gasteiger partial charge in [-0.2, -0.15) is 0 Å². The third-order valence-electron chi connectivity index (χ3n) is 6.53. The molecule has 1 aliphatic heterocycles. The van der Waals surface area contributed by atoms with E-state index in [9.17, 15) is 4.79 Å². The highest BCUT2D eigenvalue weighted by molar-refractivity contribution is 6.30. The van der Waals surface area contributed by atoms with Crippen LogP contribution in [0.4, 0.5) is 0 Å². The van der Waals surface area contributed by atoms with Crippen LogP contribution >= 0.6 is 11.6 Å². The molecule has 4 rings (SSSR count). The van der Waals surface area contributed by atoms with E-state index < -0.39 is 0 Å². The Labute approximate surface area is 179 Å². The van der Waals surface area contributed by atoms with Crippen LogP contribution < -0.4 is 0 Å². The van der Waals surface area contributed by atoms with Gasteiger partial charge >= 0.3 is 0 Å². The van der Waals surface area contributed by atoms with Crippen LogP contribution in [0.2, 0.25) is 5.02 Å². The Morgan fingerprint density at radius 1 is 1.03 bits per heavy atom. The molecule has 1 saturated heterocycles. The Bertz CT molecular complexity index is 865. The number of hydrogen-bond acceptors (Lipinski definition) is 2. The fourth-order valence-corrected chi connectivity index (χ4v) is 4.77. The van der Waals surface area contributed by atoms with Crippen molar-refractivity contribution in [3.8, 4) is 11.1 Å². The van der Waals surface area contributed by atoms with Gasteiger partial charge in [0.25, 0.3) is 5.91 Å². The molecule has 0 bridgehead atoms. The van der Waals surface area contributed by atoms with E-state index in [-0.39, 0.29) is 5.91 Å². The number of carbonyl (C=O) groups excluding carboxylic acids is 1. The summed E-state index contributed by atoms with van der Waals surface area (Å²) in [7, 11) is 0. The lowest BCUT2D eigenvalue weighted by Gasteiger charge is -2.35. The molecule has 1 amide bonds. The van der Waals surface area contributed by atoms with Gasteiger partial charge in [-0.25, -0.2) is 0 Å². The van der Waals surface area contributed by atoms with Gasteiger partial charge in [-0.3, -0.25) is 9.69 Å². The van der Waals surface area contributed by atoms with Crippen molar-refractivity contribution in [3.05, 3.63) is 58.6 Å². The van der Waals surface area contributed by atoms with Crippen LogP contribution in [-0.4, -0.2) is 47.9 Å². The van der Waals surface area contributed by atoms with Gasteiger partial charge in [-0.15, -0.1) is 0 Å². The maximum Gasteiger partial charge on any atom is 0.253 e. The average Bonchev–Trinajstić information content (AvgIpc) is 3.61. The van der Waals surface area contributed by atoms with Crippen molar-refractivity contribution in [3.63, 3.8) is 0 Å². The largest absolute Gasteiger partial charge is 0.336 e. The first-order chi connectivity index (χ1) is 14.1. The van der Waals surface area contributed by atoms with Crippen LogP contribution in [0, 0.1) is 0 Å². The van der Waals surface area contributed by atoms with E-state index >= 15 is 0 Å². The second kappa shape index (κ2) is 8.89.